The van der Waals surface area contributed by atoms with Gasteiger partial charge < -0.3 is 25.4 Å². The molecule has 2 aromatic carbocycles. The van der Waals surface area contributed by atoms with Crippen molar-refractivity contribution in [2.24, 2.45) is 10.8 Å². The number of nitrogens with one attached hydrogen (secondary N) is 1. The molecule has 0 unspecified atom stereocenters. The molecular weight excluding hydrogens is 566 g/mol. The zero-order chi connectivity index (χ0) is 32.4. The lowest BCUT2D eigenvalue weighted by molar-refractivity contribution is -0.165. The van der Waals surface area contributed by atoms with Gasteiger partial charge >= 0.3 is 5.97 Å². The third-order valence-electron chi connectivity index (χ3n) is 9.27. The molecule has 1 saturated carbocycles. The van der Waals surface area contributed by atoms with Crippen LogP contribution in [0.1, 0.15) is 67.6 Å². The molecule has 0 aliphatic heterocycles. The van der Waals surface area contributed by atoms with Gasteiger partial charge in [-0.15, -0.1) is 0 Å². The van der Waals surface area contributed by atoms with E-state index in [4.69, 9.17) is 4.74 Å². The molecule has 0 spiro atoms. The van der Waals surface area contributed by atoms with Crippen molar-refractivity contribution in [2.45, 2.75) is 59.5 Å². The summed E-state index contributed by atoms with van der Waals surface area (Å²) in [6.07, 6.45) is -0.0479. The smallest absolute Gasteiger partial charge is 0.325 e. The number of hydrogen-bond donors (Lipinski definition) is 4. The van der Waals surface area contributed by atoms with Gasteiger partial charge in [0, 0.05) is 34.0 Å². The summed E-state index contributed by atoms with van der Waals surface area (Å²) in [5, 5.41) is 37.2. The third kappa shape index (κ3) is 4.47. The van der Waals surface area contributed by atoms with Crippen LogP contribution < -0.4 is 5.32 Å². The molecule has 3 aliphatic carbocycles. The van der Waals surface area contributed by atoms with E-state index in [0.717, 1.165) is 6.92 Å². The Hall–Kier alpha value is -4.57. The van der Waals surface area contributed by atoms with Crippen LogP contribution in [0.3, 0.4) is 0 Å². The number of aryl methyl sites for hydroxylation is 1. The van der Waals surface area contributed by atoms with Crippen LogP contribution >= 0.6 is 0 Å². The first-order valence-corrected chi connectivity index (χ1v) is 14.5. The highest BCUT2D eigenvalue weighted by molar-refractivity contribution is 6.23. The van der Waals surface area contributed by atoms with E-state index in [-0.39, 0.29) is 43.7 Å². The SMILES string of the molecule is CCOC(=O)CNC(=O)c1cccc(-c2ccc(C)c3c2C[C@]2(C)C[C@]4(C)CC(=O)C(C(C)=O)=C(O)[C@]4(O)C(=O)C2=C3O)c1. The molecule has 3 atom stereocenters. The van der Waals surface area contributed by atoms with Crippen molar-refractivity contribution < 1.29 is 44.0 Å². The van der Waals surface area contributed by atoms with Gasteiger partial charge in [-0.25, -0.2) is 0 Å². The number of Topliss-reactive ketones (excluding diaryl/α,β-unsaturated/α-hetero) is 3. The fraction of sp³-hybridized carbons (Fsp3) is 0.382. The minimum atomic E-state index is -2.57. The highest BCUT2D eigenvalue weighted by Gasteiger charge is 2.68. The standard InChI is InChI=1S/C34H35NO9/c1-6-44-24(38)15-35-31(42)20-9-7-8-19(12-20)21-11-10-17(2)25-22(21)13-32(4)16-33(5)14-23(37)26(18(3)36)29(40)34(33,43)30(41)27(32)28(25)39/h7-12,39-40,43H,6,13-16H2,1-5H3,(H,35,42)/t32-,33+,34+/m1/s1. The topological polar surface area (TPSA) is 167 Å². The number of allylic oxidation sites excluding steroid dienone is 1. The second-order valence-electron chi connectivity index (χ2n) is 12.5. The van der Waals surface area contributed by atoms with Crippen molar-refractivity contribution in [3.63, 3.8) is 0 Å². The van der Waals surface area contributed by atoms with Crippen LogP contribution in [0.5, 0.6) is 0 Å². The zero-order valence-corrected chi connectivity index (χ0v) is 25.3. The van der Waals surface area contributed by atoms with Crippen LogP contribution in [0.4, 0.5) is 0 Å². The molecule has 10 heteroatoms. The number of carbonyl (C=O) groups excluding carboxylic acids is 5. The van der Waals surface area contributed by atoms with Gasteiger partial charge in [0.15, 0.2) is 17.2 Å². The van der Waals surface area contributed by atoms with Crippen molar-refractivity contribution in [3.8, 4) is 11.1 Å². The molecule has 4 N–H and O–H groups in total. The van der Waals surface area contributed by atoms with Gasteiger partial charge in [-0.05, 0) is 68.0 Å². The number of amides is 1. The van der Waals surface area contributed by atoms with Crippen molar-refractivity contribution in [3.05, 3.63) is 75.6 Å². The average Bonchev–Trinajstić information content (AvgIpc) is 2.93. The Labute approximate surface area is 254 Å². The van der Waals surface area contributed by atoms with E-state index in [9.17, 15) is 39.3 Å². The number of ether oxygens (including phenoxy) is 1. The predicted molar refractivity (Wildman–Crippen MR) is 160 cm³/mol. The summed E-state index contributed by atoms with van der Waals surface area (Å²) in [5.41, 5.74) is -2.30. The highest BCUT2D eigenvalue weighted by Crippen LogP contribution is 2.62. The Balaban J connectivity index is 1.63. The first kappa shape index (κ1) is 30.9. The number of ketones is 3. The van der Waals surface area contributed by atoms with E-state index in [1.54, 1.807) is 52.0 Å². The fourth-order valence-electron chi connectivity index (χ4n) is 7.41. The fourth-order valence-corrected chi connectivity index (χ4v) is 7.41. The number of hydrogen-bond acceptors (Lipinski definition) is 9. The van der Waals surface area contributed by atoms with Crippen molar-refractivity contribution in [1.29, 1.82) is 0 Å². The Morgan fingerprint density at radius 3 is 2.41 bits per heavy atom. The first-order valence-electron chi connectivity index (χ1n) is 14.5. The third-order valence-corrected chi connectivity index (χ3v) is 9.27. The molecule has 3 aliphatic rings. The molecule has 0 aromatic heterocycles. The summed E-state index contributed by atoms with van der Waals surface area (Å²) < 4.78 is 4.87. The van der Waals surface area contributed by atoms with Gasteiger partial charge in [0.2, 0.25) is 5.78 Å². The van der Waals surface area contributed by atoms with Gasteiger partial charge in [0.1, 0.15) is 23.6 Å². The zero-order valence-electron chi connectivity index (χ0n) is 25.3. The highest BCUT2D eigenvalue weighted by atomic mass is 16.5. The number of benzene rings is 2. The van der Waals surface area contributed by atoms with Gasteiger partial charge in [-0.2, -0.15) is 0 Å². The molecule has 230 valence electrons. The normalized spacial score (nSPS) is 26.0. The minimum Gasteiger partial charge on any atom is -0.508 e. The summed E-state index contributed by atoms with van der Waals surface area (Å²) in [5.74, 6) is -4.68. The molecule has 0 saturated heterocycles. The Kier molecular flexibility index (Phi) is 7.40. The van der Waals surface area contributed by atoms with E-state index in [1.807, 2.05) is 12.1 Å². The number of aliphatic hydroxyl groups is 3. The van der Waals surface area contributed by atoms with Gasteiger partial charge in [-0.1, -0.05) is 38.1 Å². The van der Waals surface area contributed by atoms with Crippen LogP contribution in [-0.4, -0.2) is 63.3 Å². The number of esters is 1. The van der Waals surface area contributed by atoms with E-state index < -0.39 is 57.0 Å². The summed E-state index contributed by atoms with van der Waals surface area (Å²) in [7, 11) is 0. The first-order chi connectivity index (χ1) is 20.6. The van der Waals surface area contributed by atoms with Crippen LogP contribution in [0, 0.1) is 17.8 Å². The molecular formula is C34H35NO9. The molecule has 0 heterocycles. The van der Waals surface area contributed by atoms with Crippen LogP contribution in [0.25, 0.3) is 16.9 Å². The van der Waals surface area contributed by atoms with Crippen molar-refractivity contribution >= 4 is 35.0 Å². The molecule has 2 aromatic rings. The molecule has 0 bridgehead atoms. The molecule has 44 heavy (non-hydrogen) atoms. The van der Waals surface area contributed by atoms with Crippen LogP contribution in [0.2, 0.25) is 0 Å². The number of carbonyl (C=O) groups is 5. The van der Waals surface area contributed by atoms with Gasteiger partial charge in [-0.3, -0.25) is 24.0 Å². The van der Waals surface area contributed by atoms with Crippen LogP contribution in [-0.2, 0) is 30.3 Å². The van der Waals surface area contributed by atoms with Crippen LogP contribution in [0.15, 0.2) is 53.3 Å². The molecule has 1 amide bonds. The Morgan fingerprint density at radius 1 is 1.05 bits per heavy atom. The second-order valence-corrected chi connectivity index (χ2v) is 12.5. The lowest BCUT2D eigenvalue weighted by Crippen LogP contribution is -2.65. The van der Waals surface area contributed by atoms with E-state index >= 15 is 0 Å². The minimum absolute atomic E-state index is 0.0474. The summed E-state index contributed by atoms with van der Waals surface area (Å²) in [6, 6.07) is 10.4. The maximum absolute atomic E-state index is 14.2. The summed E-state index contributed by atoms with van der Waals surface area (Å²) in [6.45, 7) is 7.77. The predicted octanol–water partition coefficient (Wildman–Crippen LogP) is 3.87. The van der Waals surface area contributed by atoms with Crippen molar-refractivity contribution in [2.75, 3.05) is 13.2 Å². The molecule has 1 fully saturated rings. The lowest BCUT2D eigenvalue weighted by Gasteiger charge is -2.56. The average molecular weight is 602 g/mol. The number of fused-ring (bicyclic) bond motifs is 3. The van der Waals surface area contributed by atoms with Crippen molar-refractivity contribution in [1.82, 2.24) is 5.32 Å². The Morgan fingerprint density at radius 2 is 1.75 bits per heavy atom. The number of aliphatic hydroxyl groups excluding tert-OH is 2. The lowest BCUT2D eigenvalue weighted by atomic mass is 9.47. The monoisotopic (exact) mass is 601 g/mol. The molecule has 10 nitrogen and oxygen atoms in total. The van der Waals surface area contributed by atoms with Gasteiger partial charge in [0.25, 0.3) is 5.91 Å². The quantitative estimate of drug-likeness (QED) is 0.284. The van der Waals surface area contributed by atoms with E-state index in [2.05, 4.69) is 5.32 Å². The van der Waals surface area contributed by atoms with Gasteiger partial charge in [0.05, 0.1) is 6.61 Å². The summed E-state index contributed by atoms with van der Waals surface area (Å²) in [4.78, 5) is 64.0. The molecule has 5 rings (SSSR count). The maximum Gasteiger partial charge on any atom is 0.325 e. The van der Waals surface area contributed by atoms with E-state index in [1.165, 1.54) is 0 Å². The number of rotatable bonds is 6. The largest absolute Gasteiger partial charge is 0.508 e. The Bertz CT molecular complexity index is 1730. The second kappa shape index (κ2) is 10.6. The summed E-state index contributed by atoms with van der Waals surface area (Å²) >= 11 is 0. The molecule has 0 radical (unpaired) electrons. The van der Waals surface area contributed by atoms with E-state index in [0.29, 0.717) is 33.4 Å². The maximum atomic E-state index is 14.2.